The minimum Gasteiger partial charge on any atom is -0.249 e. The van der Waals surface area contributed by atoms with Crippen molar-refractivity contribution in [2.75, 3.05) is 0 Å². The van der Waals surface area contributed by atoms with Crippen LogP contribution in [0.4, 0.5) is 0 Å². The Morgan fingerprint density at radius 1 is 0.612 bits per heavy atom. The third-order valence-corrected chi connectivity index (χ3v) is 11.1. The Labute approximate surface area is 296 Å². The molecule has 2 aliphatic rings. The van der Waals surface area contributed by atoms with Gasteiger partial charge in [0.15, 0.2) is 0 Å². The van der Waals surface area contributed by atoms with E-state index in [1.54, 1.807) is 0 Å². The molecule has 0 unspecified atom stereocenters. The zero-order chi connectivity index (χ0) is 33.1. The van der Waals surface area contributed by atoms with Crippen molar-refractivity contribution < 1.29 is 0 Å². The number of hydrogen-bond donors (Lipinski definition) is 0. The lowest BCUT2D eigenvalue weighted by molar-refractivity contribution is 0.722. The third kappa shape index (κ3) is 4.40. The van der Waals surface area contributed by atoms with Crippen molar-refractivity contribution in [2.24, 2.45) is 0 Å². The van der Waals surface area contributed by atoms with Gasteiger partial charge < -0.3 is 0 Å². The zero-order valence-corrected chi connectivity index (χ0v) is 29.1. The Kier molecular flexibility index (Phi) is 7.11. The van der Waals surface area contributed by atoms with Gasteiger partial charge in [-0.05, 0) is 131 Å². The molecule has 2 aliphatic carbocycles. The minimum absolute atomic E-state index is 0.401. The Hall–Kier alpha value is -5.31. The van der Waals surface area contributed by atoms with Crippen molar-refractivity contribution in [2.45, 2.75) is 25.7 Å². The molecule has 1 heterocycles. The molecule has 1 aromatic heterocycles. The lowest BCUT2D eigenvalue weighted by Crippen LogP contribution is -2.34. The average molecular weight is 693 g/mol. The van der Waals surface area contributed by atoms with Gasteiger partial charge in [0.05, 0.1) is 5.41 Å². The van der Waals surface area contributed by atoms with E-state index in [0.717, 1.165) is 16.6 Å². The molecule has 2 heteroatoms. The molecular weight excluding hydrogens is 658 g/mol. The summed E-state index contributed by atoms with van der Waals surface area (Å²) in [7, 11) is 0. The van der Waals surface area contributed by atoms with Gasteiger partial charge in [0.1, 0.15) is 4.60 Å². The highest BCUT2D eigenvalue weighted by atomic mass is 79.9. The fourth-order valence-electron chi connectivity index (χ4n) is 8.71. The standard InChI is InChI=1S/C47H34BrN/c1-3-4-5-16-35-30(2)45(34-24-26-44(48)49-29-34)38-18-8-9-19-39(38)46(35)33-23-25-37-36-17-10-13-22-42(36)47(43(37)28-33)40-20-11-6-14-31(40)27-32-15-7-12-21-41(32)47/h3-26,28-29H,27H2,1-2H3/b4-3-,16-5-. The van der Waals surface area contributed by atoms with Crippen LogP contribution in [0, 0.1) is 6.92 Å². The molecule has 0 N–H and O–H groups in total. The molecule has 1 spiro atoms. The molecule has 9 rings (SSSR count). The SMILES string of the molecule is C/C=C\C=C/c1c(C)c(-c2ccc(Br)nc2)c2ccccc2c1-c1ccc2c(c1)C1(c3ccccc3Cc3ccccc31)c1ccccc1-2. The van der Waals surface area contributed by atoms with E-state index in [0.29, 0.717) is 0 Å². The molecule has 0 atom stereocenters. The summed E-state index contributed by atoms with van der Waals surface area (Å²) in [5, 5.41) is 2.47. The predicted molar refractivity (Wildman–Crippen MR) is 209 cm³/mol. The molecule has 0 amide bonds. The van der Waals surface area contributed by atoms with E-state index in [-0.39, 0.29) is 0 Å². The predicted octanol–water partition coefficient (Wildman–Crippen LogP) is 12.5. The highest BCUT2D eigenvalue weighted by molar-refractivity contribution is 9.10. The van der Waals surface area contributed by atoms with E-state index < -0.39 is 5.41 Å². The number of benzene rings is 6. The third-order valence-electron chi connectivity index (χ3n) is 10.7. The van der Waals surface area contributed by atoms with Crippen molar-refractivity contribution in [1.29, 1.82) is 0 Å². The van der Waals surface area contributed by atoms with Crippen molar-refractivity contribution in [3.63, 3.8) is 0 Å². The van der Waals surface area contributed by atoms with Crippen molar-refractivity contribution in [3.05, 3.63) is 201 Å². The quantitative estimate of drug-likeness (QED) is 0.132. The van der Waals surface area contributed by atoms with Crippen LogP contribution < -0.4 is 0 Å². The summed E-state index contributed by atoms with van der Waals surface area (Å²) in [4.78, 5) is 4.62. The maximum atomic E-state index is 4.62. The first-order valence-corrected chi connectivity index (χ1v) is 17.8. The van der Waals surface area contributed by atoms with E-state index in [1.807, 2.05) is 12.3 Å². The molecule has 0 bridgehead atoms. The number of hydrogen-bond acceptors (Lipinski definition) is 1. The molecule has 49 heavy (non-hydrogen) atoms. The average Bonchev–Trinajstić information content (AvgIpc) is 3.42. The molecule has 0 radical (unpaired) electrons. The van der Waals surface area contributed by atoms with Crippen molar-refractivity contribution >= 4 is 32.8 Å². The number of fused-ring (bicyclic) bond motifs is 10. The zero-order valence-electron chi connectivity index (χ0n) is 27.5. The summed E-state index contributed by atoms with van der Waals surface area (Å²) in [6.07, 6.45) is 11.6. The maximum absolute atomic E-state index is 4.62. The van der Waals surface area contributed by atoms with Crippen LogP contribution in [-0.2, 0) is 11.8 Å². The summed E-state index contributed by atoms with van der Waals surface area (Å²) >= 11 is 3.54. The monoisotopic (exact) mass is 691 g/mol. The summed E-state index contributed by atoms with van der Waals surface area (Å²) in [6.45, 7) is 4.33. The molecule has 234 valence electrons. The Morgan fingerprint density at radius 3 is 1.92 bits per heavy atom. The Bertz CT molecular complexity index is 2450. The first-order chi connectivity index (χ1) is 24.1. The van der Waals surface area contributed by atoms with Gasteiger partial charge in [-0.2, -0.15) is 0 Å². The van der Waals surface area contributed by atoms with Crippen LogP contribution in [0.25, 0.3) is 50.2 Å². The summed E-state index contributed by atoms with van der Waals surface area (Å²) in [6, 6.07) is 47.6. The smallest absolute Gasteiger partial charge is 0.106 e. The molecule has 0 saturated heterocycles. The van der Waals surface area contributed by atoms with Gasteiger partial charge in [0.25, 0.3) is 0 Å². The number of halogens is 1. The normalized spacial score (nSPS) is 13.9. The topological polar surface area (TPSA) is 12.9 Å². The summed E-state index contributed by atoms with van der Waals surface area (Å²) in [5.41, 5.74) is 17.8. The molecule has 0 saturated carbocycles. The van der Waals surface area contributed by atoms with Crippen LogP contribution in [0.2, 0.25) is 0 Å². The lowest BCUT2D eigenvalue weighted by atomic mass is 9.61. The van der Waals surface area contributed by atoms with Crippen LogP contribution in [0.15, 0.2) is 156 Å². The Balaban J connectivity index is 1.39. The van der Waals surface area contributed by atoms with Crippen LogP contribution >= 0.6 is 15.9 Å². The van der Waals surface area contributed by atoms with Gasteiger partial charge in [0, 0.05) is 11.8 Å². The molecule has 0 fully saturated rings. The van der Waals surface area contributed by atoms with Gasteiger partial charge in [0.2, 0.25) is 0 Å². The summed E-state index contributed by atoms with van der Waals surface area (Å²) < 4.78 is 0.835. The number of rotatable bonds is 4. The van der Waals surface area contributed by atoms with E-state index in [4.69, 9.17) is 0 Å². The second-order valence-corrected chi connectivity index (χ2v) is 13.9. The van der Waals surface area contributed by atoms with Gasteiger partial charge in [-0.25, -0.2) is 4.98 Å². The largest absolute Gasteiger partial charge is 0.249 e. The second-order valence-electron chi connectivity index (χ2n) is 13.1. The Morgan fingerprint density at radius 2 is 1.22 bits per heavy atom. The van der Waals surface area contributed by atoms with Crippen LogP contribution in [0.3, 0.4) is 0 Å². The highest BCUT2D eigenvalue weighted by Crippen LogP contribution is 2.60. The van der Waals surface area contributed by atoms with E-state index in [9.17, 15) is 0 Å². The van der Waals surface area contributed by atoms with E-state index in [1.165, 1.54) is 83.1 Å². The highest BCUT2D eigenvalue weighted by Gasteiger charge is 2.49. The van der Waals surface area contributed by atoms with Crippen molar-refractivity contribution in [3.8, 4) is 33.4 Å². The molecule has 0 aliphatic heterocycles. The number of pyridine rings is 1. The number of aromatic nitrogens is 1. The van der Waals surface area contributed by atoms with Gasteiger partial charge in [-0.15, -0.1) is 0 Å². The first kappa shape index (κ1) is 29.8. The molecule has 7 aromatic rings. The molecule has 1 nitrogen and oxygen atoms in total. The molecule has 6 aromatic carbocycles. The van der Waals surface area contributed by atoms with Crippen molar-refractivity contribution in [1.82, 2.24) is 4.98 Å². The van der Waals surface area contributed by atoms with Crippen LogP contribution in [0.5, 0.6) is 0 Å². The van der Waals surface area contributed by atoms with Gasteiger partial charge in [-0.1, -0.05) is 140 Å². The number of nitrogens with zero attached hydrogens (tertiary/aromatic N) is 1. The minimum atomic E-state index is -0.401. The summed E-state index contributed by atoms with van der Waals surface area (Å²) in [5.74, 6) is 0. The van der Waals surface area contributed by atoms with Gasteiger partial charge in [-0.3, -0.25) is 0 Å². The lowest BCUT2D eigenvalue weighted by Gasteiger charge is -2.40. The van der Waals surface area contributed by atoms with Gasteiger partial charge >= 0.3 is 0 Å². The van der Waals surface area contributed by atoms with E-state index >= 15 is 0 Å². The fraction of sp³-hybridized carbons (Fsp3) is 0.0851. The van der Waals surface area contributed by atoms with E-state index in [2.05, 4.69) is 180 Å². The van der Waals surface area contributed by atoms with Crippen LogP contribution in [0.1, 0.15) is 51.4 Å². The van der Waals surface area contributed by atoms with Crippen LogP contribution in [-0.4, -0.2) is 4.98 Å². The molecular formula is C47H34BrN. The first-order valence-electron chi connectivity index (χ1n) is 17.0. The second kappa shape index (κ2) is 11.7. The maximum Gasteiger partial charge on any atom is 0.106 e. The number of allylic oxidation sites excluding steroid dienone is 3. The fourth-order valence-corrected chi connectivity index (χ4v) is 8.95.